The van der Waals surface area contributed by atoms with Gasteiger partial charge in [0.2, 0.25) is 5.91 Å². The molecule has 0 unspecified atom stereocenters. The number of hydrogen-bond acceptors (Lipinski definition) is 4. The molecular formula is C15H18N4O. The molecular weight excluding hydrogens is 252 g/mol. The molecule has 2 heterocycles. The predicted molar refractivity (Wildman–Crippen MR) is 78.0 cm³/mol. The molecule has 0 fully saturated rings. The van der Waals surface area contributed by atoms with E-state index < -0.39 is 0 Å². The van der Waals surface area contributed by atoms with Crippen molar-refractivity contribution in [1.29, 1.82) is 0 Å². The van der Waals surface area contributed by atoms with Gasteiger partial charge in [-0.25, -0.2) is 9.97 Å². The quantitative estimate of drug-likeness (QED) is 0.819. The molecule has 5 heteroatoms. The molecule has 104 valence electrons. The number of carbonyl (C=O) groups is 1. The molecule has 0 atom stereocenters. The van der Waals surface area contributed by atoms with E-state index in [2.05, 4.69) is 27.2 Å². The lowest BCUT2D eigenvalue weighted by Gasteiger charge is -2.05. The van der Waals surface area contributed by atoms with Crippen molar-refractivity contribution in [3.05, 3.63) is 36.8 Å². The van der Waals surface area contributed by atoms with Crippen LogP contribution in [-0.4, -0.2) is 20.9 Å². The summed E-state index contributed by atoms with van der Waals surface area (Å²) in [5, 5.41) is 2.81. The lowest BCUT2D eigenvalue weighted by atomic mass is 10.2. The number of nitrogens with zero attached hydrogens (tertiary/aromatic N) is 3. The van der Waals surface area contributed by atoms with Gasteiger partial charge in [0.05, 0.1) is 0 Å². The molecule has 1 N–H and O–H groups in total. The van der Waals surface area contributed by atoms with Crippen LogP contribution in [0, 0.1) is 0 Å². The molecule has 0 aliphatic rings. The van der Waals surface area contributed by atoms with Crippen molar-refractivity contribution in [2.75, 3.05) is 5.32 Å². The number of aromatic nitrogens is 3. The summed E-state index contributed by atoms with van der Waals surface area (Å²) in [4.78, 5) is 24.3. The Hall–Kier alpha value is -2.30. The minimum absolute atomic E-state index is 0.00201. The first kappa shape index (κ1) is 14.1. The summed E-state index contributed by atoms with van der Waals surface area (Å²) in [7, 11) is 0. The average molecular weight is 270 g/mol. The van der Waals surface area contributed by atoms with Gasteiger partial charge in [0.25, 0.3) is 0 Å². The molecule has 5 nitrogen and oxygen atoms in total. The Morgan fingerprint density at radius 2 is 1.95 bits per heavy atom. The van der Waals surface area contributed by atoms with Crippen molar-refractivity contribution in [2.24, 2.45) is 0 Å². The molecule has 2 aromatic rings. The maximum atomic E-state index is 11.8. The van der Waals surface area contributed by atoms with Crippen molar-refractivity contribution in [3.63, 3.8) is 0 Å². The summed E-state index contributed by atoms with van der Waals surface area (Å²) in [5.41, 5.74) is 0.877. The van der Waals surface area contributed by atoms with Crippen molar-refractivity contribution < 1.29 is 4.79 Å². The number of rotatable bonds is 6. The summed E-state index contributed by atoms with van der Waals surface area (Å²) in [6.45, 7) is 2.11. The highest BCUT2D eigenvalue weighted by Gasteiger charge is 2.05. The van der Waals surface area contributed by atoms with Crippen LogP contribution in [0.4, 0.5) is 5.82 Å². The first-order valence-corrected chi connectivity index (χ1v) is 6.83. The maximum absolute atomic E-state index is 11.8. The molecule has 2 rings (SSSR count). The first-order valence-electron chi connectivity index (χ1n) is 6.83. The lowest BCUT2D eigenvalue weighted by molar-refractivity contribution is -0.116. The normalized spacial score (nSPS) is 10.2. The number of carbonyl (C=O) groups excluding carboxylic acids is 1. The summed E-state index contributed by atoms with van der Waals surface area (Å²) in [6, 6.07) is 5.37. The van der Waals surface area contributed by atoms with Crippen LogP contribution in [0.15, 0.2) is 36.8 Å². The number of nitrogens with one attached hydrogen (secondary N) is 1. The number of unbranched alkanes of at least 4 members (excludes halogenated alkanes) is 2. The average Bonchev–Trinajstić information content (AvgIpc) is 2.49. The van der Waals surface area contributed by atoms with Gasteiger partial charge in [-0.15, -0.1) is 0 Å². The molecule has 1 amide bonds. The fraction of sp³-hybridized carbons (Fsp3) is 0.333. The Bertz CT molecular complexity index is 557. The molecule has 0 spiro atoms. The van der Waals surface area contributed by atoms with E-state index in [1.165, 1.54) is 0 Å². The number of amides is 1. The Labute approximate surface area is 118 Å². The monoisotopic (exact) mass is 270 g/mol. The van der Waals surface area contributed by atoms with E-state index in [0.29, 0.717) is 18.1 Å². The van der Waals surface area contributed by atoms with Crippen LogP contribution in [0.2, 0.25) is 0 Å². The molecule has 0 radical (unpaired) electrons. The van der Waals surface area contributed by atoms with Crippen molar-refractivity contribution in [1.82, 2.24) is 15.0 Å². The SMILES string of the molecule is CCCCCC(=O)Nc1ccnc(-c2ccncc2)n1. The number of anilines is 1. The molecule has 0 aliphatic carbocycles. The van der Waals surface area contributed by atoms with Gasteiger partial charge >= 0.3 is 0 Å². The van der Waals surface area contributed by atoms with E-state index in [4.69, 9.17) is 0 Å². The van der Waals surface area contributed by atoms with Crippen LogP contribution in [0.3, 0.4) is 0 Å². The third-order valence-electron chi connectivity index (χ3n) is 2.87. The van der Waals surface area contributed by atoms with Gasteiger partial charge in [0, 0.05) is 30.6 Å². The van der Waals surface area contributed by atoms with Gasteiger partial charge in [-0.05, 0) is 24.6 Å². The molecule has 2 aromatic heterocycles. The fourth-order valence-corrected chi connectivity index (χ4v) is 1.81. The zero-order valence-corrected chi connectivity index (χ0v) is 11.5. The minimum atomic E-state index is -0.00201. The smallest absolute Gasteiger partial charge is 0.225 e. The van der Waals surface area contributed by atoms with Crippen LogP contribution in [0.25, 0.3) is 11.4 Å². The van der Waals surface area contributed by atoms with Crippen LogP contribution < -0.4 is 5.32 Å². The second kappa shape index (κ2) is 7.33. The first-order chi connectivity index (χ1) is 9.79. The van der Waals surface area contributed by atoms with E-state index >= 15 is 0 Å². The fourth-order valence-electron chi connectivity index (χ4n) is 1.81. The third kappa shape index (κ3) is 4.12. The number of pyridine rings is 1. The highest BCUT2D eigenvalue weighted by atomic mass is 16.1. The van der Waals surface area contributed by atoms with Crippen molar-refractivity contribution in [2.45, 2.75) is 32.6 Å². The van der Waals surface area contributed by atoms with Crippen molar-refractivity contribution >= 4 is 11.7 Å². The maximum Gasteiger partial charge on any atom is 0.225 e. The molecule has 0 aliphatic heterocycles. The minimum Gasteiger partial charge on any atom is -0.311 e. The third-order valence-corrected chi connectivity index (χ3v) is 2.87. The largest absolute Gasteiger partial charge is 0.311 e. The van der Waals surface area contributed by atoms with E-state index in [-0.39, 0.29) is 5.91 Å². The van der Waals surface area contributed by atoms with Gasteiger partial charge in [-0.3, -0.25) is 9.78 Å². The second-order valence-electron chi connectivity index (χ2n) is 4.51. The lowest BCUT2D eigenvalue weighted by Crippen LogP contribution is -2.12. The molecule has 20 heavy (non-hydrogen) atoms. The van der Waals surface area contributed by atoms with Gasteiger partial charge in [-0.1, -0.05) is 19.8 Å². The summed E-state index contributed by atoms with van der Waals surface area (Å²) in [6.07, 6.45) is 8.63. The van der Waals surface area contributed by atoms with Gasteiger partial charge in [-0.2, -0.15) is 0 Å². The summed E-state index contributed by atoms with van der Waals surface area (Å²) >= 11 is 0. The molecule has 0 aromatic carbocycles. The van der Waals surface area contributed by atoms with Crippen LogP contribution in [0.5, 0.6) is 0 Å². The van der Waals surface area contributed by atoms with Gasteiger partial charge in [0.1, 0.15) is 5.82 Å². The topological polar surface area (TPSA) is 67.8 Å². The Morgan fingerprint density at radius 3 is 2.70 bits per heavy atom. The van der Waals surface area contributed by atoms with E-state index in [1.54, 1.807) is 24.7 Å². The Balaban J connectivity index is 2.01. The predicted octanol–water partition coefficient (Wildman–Crippen LogP) is 3.06. The second-order valence-corrected chi connectivity index (χ2v) is 4.51. The molecule has 0 saturated carbocycles. The number of hydrogen-bond donors (Lipinski definition) is 1. The van der Waals surface area contributed by atoms with E-state index in [0.717, 1.165) is 24.8 Å². The van der Waals surface area contributed by atoms with E-state index in [9.17, 15) is 4.79 Å². The van der Waals surface area contributed by atoms with Crippen molar-refractivity contribution in [3.8, 4) is 11.4 Å². The van der Waals surface area contributed by atoms with Crippen LogP contribution in [0.1, 0.15) is 32.6 Å². The zero-order valence-electron chi connectivity index (χ0n) is 11.5. The van der Waals surface area contributed by atoms with Gasteiger partial charge < -0.3 is 5.32 Å². The molecule has 0 saturated heterocycles. The standard InChI is InChI=1S/C15H18N4O/c1-2-3-4-5-14(20)18-13-8-11-17-15(19-13)12-6-9-16-10-7-12/h6-11H,2-5H2,1H3,(H,17,18,19,20). The van der Waals surface area contributed by atoms with Crippen LogP contribution >= 0.6 is 0 Å². The Kier molecular flexibility index (Phi) is 5.17. The highest BCUT2D eigenvalue weighted by Crippen LogP contribution is 2.15. The Morgan fingerprint density at radius 1 is 1.15 bits per heavy atom. The summed E-state index contributed by atoms with van der Waals surface area (Å²) in [5.74, 6) is 1.12. The van der Waals surface area contributed by atoms with E-state index in [1.807, 2.05) is 12.1 Å². The highest BCUT2D eigenvalue weighted by molar-refractivity contribution is 5.89. The summed E-state index contributed by atoms with van der Waals surface area (Å²) < 4.78 is 0. The van der Waals surface area contributed by atoms with Crippen LogP contribution in [-0.2, 0) is 4.79 Å². The van der Waals surface area contributed by atoms with Gasteiger partial charge in [0.15, 0.2) is 5.82 Å². The molecule has 0 bridgehead atoms. The zero-order chi connectivity index (χ0) is 14.2.